The number of benzene rings is 14. The van der Waals surface area contributed by atoms with Crippen LogP contribution in [0.15, 0.2) is 303 Å². The van der Waals surface area contributed by atoms with Crippen LogP contribution in [0.1, 0.15) is 42.5 Å². The third-order valence-corrected chi connectivity index (χ3v) is 22.4. The Morgan fingerprint density at radius 3 is 1.67 bits per heavy atom. The maximum Gasteiger partial charge on any atom is 0.0544 e. The Hall–Kier alpha value is -11.3. The van der Waals surface area contributed by atoms with Crippen LogP contribution in [0.4, 0.5) is 0 Å². The second-order valence-corrected chi connectivity index (χ2v) is 27.4. The summed E-state index contributed by atoms with van der Waals surface area (Å²) in [5.41, 5.74) is 23.6. The molecule has 0 fully saturated rings. The number of allylic oxidation sites excluding steroid dienone is 4. The van der Waals surface area contributed by atoms with Gasteiger partial charge in [-0.15, -0.1) is 11.3 Å². The lowest BCUT2D eigenvalue weighted by molar-refractivity contribution is 0.639. The van der Waals surface area contributed by atoms with Gasteiger partial charge in [0.15, 0.2) is 0 Å². The number of thiophene rings is 1. The average molecular weight is 1220 g/mol. The fourth-order valence-electron chi connectivity index (χ4n) is 16.7. The Labute approximate surface area is 548 Å². The summed E-state index contributed by atoms with van der Waals surface area (Å²) in [6.45, 7) is 4.80. The summed E-state index contributed by atoms with van der Waals surface area (Å²) in [4.78, 5) is 0. The van der Waals surface area contributed by atoms with Crippen LogP contribution in [0.2, 0.25) is 0 Å². The van der Waals surface area contributed by atoms with E-state index in [1.807, 2.05) is 11.3 Å². The first-order valence-corrected chi connectivity index (χ1v) is 33.9. The predicted octanol–water partition coefficient (Wildman–Crippen LogP) is 24.8. The second kappa shape index (κ2) is 20.6. The van der Waals surface area contributed by atoms with Crippen molar-refractivity contribution in [1.82, 2.24) is 13.7 Å². The Balaban J connectivity index is 0.745. The zero-order valence-electron chi connectivity index (χ0n) is 52.1. The number of aromatic nitrogens is 3. The van der Waals surface area contributed by atoms with E-state index in [1.165, 1.54) is 174 Å². The average Bonchev–Trinajstić information content (AvgIpc) is 1.56. The van der Waals surface area contributed by atoms with Crippen LogP contribution in [-0.2, 0) is 6.42 Å². The molecular weight excluding hydrogens is 1160 g/mol. The summed E-state index contributed by atoms with van der Waals surface area (Å²) in [6.07, 6.45) is 8.29. The summed E-state index contributed by atoms with van der Waals surface area (Å²) in [6, 6.07) is 108. The monoisotopic (exact) mass is 1220 g/mol. The molecule has 94 heavy (non-hydrogen) atoms. The van der Waals surface area contributed by atoms with Crippen molar-refractivity contribution in [2.24, 2.45) is 5.92 Å². The molecule has 3 unspecified atom stereocenters. The normalized spacial score (nSPS) is 15.6. The van der Waals surface area contributed by atoms with Crippen molar-refractivity contribution in [3.63, 3.8) is 0 Å². The van der Waals surface area contributed by atoms with Gasteiger partial charge in [-0.2, -0.15) is 0 Å². The summed E-state index contributed by atoms with van der Waals surface area (Å²) >= 11 is 1.93. The molecule has 0 amide bonds. The van der Waals surface area contributed by atoms with Gasteiger partial charge in [0.1, 0.15) is 0 Å². The maximum absolute atomic E-state index is 2.63. The Kier molecular flexibility index (Phi) is 11.7. The quantitative estimate of drug-likeness (QED) is 0.141. The third-order valence-electron chi connectivity index (χ3n) is 21.1. The van der Waals surface area contributed by atoms with Crippen molar-refractivity contribution in [2.75, 3.05) is 0 Å². The molecule has 3 atom stereocenters. The fraction of sp³-hybridized carbons (Fsp3) is 0.0667. The largest absolute Gasteiger partial charge is 0.313 e. The molecule has 442 valence electrons. The number of fused-ring (bicyclic) bond motifs is 19. The number of hydrogen-bond acceptors (Lipinski definition) is 1. The van der Waals surface area contributed by atoms with Crippen LogP contribution >= 0.6 is 11.3 Å². The minimum absolute atomic E-state index is 0.266. The molecule has 18 aromatic rings. The molecular formula is C90H61N3S. The van der Waals surface area contributed by atoms with Crippen molar-refractivity contribution in [3.05, 3.63) is 320 Å². The first-order valence-electron chi connectivity index (χ1n) is 33.1. The second-order valence-electron chi connectivity index (χ2n) is 26.4. The summed E-state index contributed by atoms with van der Waals surface area (Å²) in [7, 11) is 0. The Morgan fingerprint density at radius 1 is 0.351 bits per heavy atom. The minimum atomic E-state index is 0.266. The lowest BCUT2D eigenvalue weighted by atomic mass is 9.81. The molecule has 2 aliphatic carbocycles. The molecule has 3 nitrogen and oxygen atoms in total. The first-order chi connectivity index (χ1) is 46.4. The highest BCUT2D eigenvalue weighted by molar-refractivity contribution is 7.26. The smallest absolute Gasteiger partial charge is 0.0544 e. The van der Waals surface area contributed by atoms with E-state index in [0.717, 1.165) is 17.8 Å². The highest BCUT2D eigenvalue weighted by atomic mass is 32.1. The molecule has 0 bridgehead atoms. The van der Waals surface area contributed by atoms with E-state index in [-0.39, 0.29) is 11.8 Å². The van der Waals surface area contributed by atoms with Gasteiger partial charge in [-0.1, -0.05) is 226 Å². The molecule has 0 saturated carbocycles. The highest BCUT2D eigenvalue weighted by Gasteiger charge is 2.31. The minimum Gasteiger partial charge on any atom is -0.313 e. The summed E-state index contributed by atoms with van der Waals surface area (Å²) in [5, 5.41) is 16.6. The van der Waals surface area contributed by atoms with Crippen molar-refractivity contribution < 1.29 is 0 Å². The van der Waals surface area contributed by atoms with Gasteiger partial charge in [-0.05, 0) is 192 Å². The SMILES string of the molecule is CC1Cc2c(c3c4ccccc4ccc3n2-c2cc(-c3ccc4c(c3)c3ccccc3n4C3=CC(C)C(c4cccc5c4sc4ccccc45)C=C3)cc(-c3ccc4c(c3)c3ccccc3n4-c3ccc(-c4ccc5c(ccc6ccccc65)c4)cc3)c2)-c2ccccc21. The Morgan fingerprint density at radius 2 is 0.904 bits per heavy atom. The molecule has 2 aliphatic rings. The molecule has 0 radical (unpaired) electrons. The molecule has 14 aromatic carbocycles. The van der Waals surface area contributed by atoms with E-state index in [1.54, 1.807) is 0 Å². The number of para-hydroxylation sites is 2. The van der Waals surface area contributed by atoms with Crippen molar-refractivity contribution in [1.29, 1.82) is 0 Å². The molecule has 0 aliphatic heterocycles. The lowest BCUT2D eigenvalue weighted by Gasteiger charge is -2.25. The Bertz CT molecular complexity index is 6310. The van der Waals surface area contributed by atoms with Gasteiger partial charge in [-0.3, -0.25) is 0 Å². The van der Waals surface area contributed by atoms with Crippen LogP contribution in [0.25, 0.3) is 169 Å². The summed E-state index contributed by atoms with van der Waals surface area (Å²) < 4.78 is 10.3. The van der Waals surface area contributed by atoms with E-state index in [2.05, 4.69) is 331 Å². The summed E-state index contributed by atoms with van der Waals surface area (Å²) in [5.74, 6) is 0.890. The van der Waals surface area contributed by atoms with Gasteiger partial charge in [-0.25, -0.2) is 0 Å². The molecule has 4 heteroatoms. The van der Waals surface area contributed by atoms with Gasteiger partial charge >= 0.3 is 0 Å². The zero-order chi connectivity index (χ0) is 61.9. The molecule has 4 aromatic heterocycles. The topological polar surface area (TPSA) is 14.8 Å². The molecule has 4 heterocycles. The number of nitrogens with zero attached hydrogens (tertiary/aromatic N) is 3. The standard InChI is InChI=1S/C90H61N3S/c1-54-46-66(40-42-69(54)77-25-15-26-78-75-23-11-14-29-87(75)94-90(77)78)92-82-28-13-10-22-74(82)80-53-61(37-44-84(80)92)64-49-63(50-67(51-64)93-85-45-35-58-17-4-6-20-72(58)88(85)89-76-24-8-7-18-68(76)55(2)47-86(89)93)60-36-43-83-79(52-60)73-21-9-12-27-81(73)91(83)65-38-32-56(33-39-65)59-34-41-71-62(48-59)31-30-57-16-3-5-19-70(57)71/h3-46,48-55,69H,47H2,1-2H3. The van der Waals surface area contributed by atoms with Crippen LogP contribution in [0, 0.1) is 5.92 Å². The maximum atomic E-state index is 2.63. The van der Waals surface area contributed by atoms with E-state index in [0.29, 0.717) is 5.92 Å². The molecule has 0 spiro atoms. The number of hydrogen-bond donors (Lipinski definition) is 0. The third kappa shape index (κ3) is 8.03. The van der Waals surface area contributed by atoms with E-state index < -0.39 is 0 Å². The van der Waals surface area contributed by atoms with Gasteiger partial charge < -0.3 is 13.7 Å². The van der Waals surface area contributed by atoms with E-state index in [9.17, 15) is 0 Å². The van der Waals surface area contributed by atoms with Crippen LogP contribution < -0.4 is 0 Å². The van der Waals surface area contributed by atoms with Crippen molar-refractivity contribution in [3.8, 4) is 55.9 Å². The lowest BCUT2D eigenvalue weighted by Crippen LogP contribution is -2.11. The highest BCUT2D eigenvalue weighted by Crippen LogP contribution is 2.50. The molecule has 20 rings (SSSR count). The van der Waals surface area contributed by atoms with Crippen LogP contribution in [-0.4, -0.2) is 13.7 Å². The van der Waals surface area contributed by atoms with Gasteiger partial charge in [0.25, 0.3) is 0 Å². The molecule has 0 saturated heterocycles. The van der Waals surface area contributed by atoms with Crippen molar-refractivity contribution in [2.45, 2.75) is 32.1 Å². The van der Waals surface area contributed by atoms with Crippen LogP contribution in [0.3, 0.4) is 0 Å². The number of rotatable bonds is 7. The zero-order valence-corrected chi connectivity index (χ0v) is 52.9. The fourth-order valence-corrected chi connectivity index (χ4v) is 18.0. The first kappa shape index (κ1) is 53.4. The van der Waals surface area contributed by atoms with Crippen LogP contribution in [0.5, 0.6) is 0 Å². The van der Waals surface area contributed by atoms with Gasteiger partial charge in [0, 0.05) is 81.4 Å². The van der Waals surface area contributed by atoms with Gasteiger partial charge in [0.2, 0.25) is 0 Å². The molecule has 0 N–H and O–H groups in total. The van der Waals surface area contributed by atoms with Crippen molar-refractivity contribution >= 4 is 124 Å². The van der Waals surface area contributed by atoms with E-state index in [4.69, 9.17) is 0 Å². The van der Waals surface area contributed by atoms with E-state index >= 15 is 0 Å². The van der Waals surface area contributed by atoms with Gasteiger partial charge in [0.05, 0.1) is 27.6 Å². The predicted molar refractivity (Wildman–Crippen MR) is 402 cm³/mol.